The molecule has 3 aromatic heterocycles. The molecule has 5 rings (SSSR count). The summed E-state index contributed by atoms with van der Waals surface area (Å²) in [4.78, 5) is 29.5. The molecule has 4 heterocycles. The van der Waals surface area contributed by atoms with Crippen LogP contribution in [0.3, 0.4) is 0 Å². The second kappa shape index (κ2) is 9.09. The number of aromatic nitrogens is 5. The van der Waals surface area contributed by atoms with Crippen molar-refractivity contribution in [3.63, 3.8) is 0 Å². The van der Waals surface area contributed by atoms with Crippen LogP contribution in [0.25, 0.3) is 33.1 Å². The number of hydrogen-bond acceptors (Lipinski definition) is 5. The molecule has 0 unspecified atom stereocenters. The minimum absolute atomic E-state index is 0.0111. The van der Waals surface area contributed by atoms with Gasteiger partial charge in [-0.15, -0.1) is 0 Å². The summed E-state index contributed by atoms with van der Waals surface area (Å²) < 4.78 is 18.9. The van der Waals surface area contributed by atoms with E-state index in [1.165, 1.54) is 6.07 Å². The van der Waals surface area contributed by atoms with Gasteiger partial charge in [-0.25, -0.2) is 14.1 Å². The molecule has 1 amide bonds. The Bertz CT molecular complexity index is 1430. The van der Waals surface area contributed by atoms with E-state index in [1.54, 1.807) is 22.0 Å². The molecular weight excluding hydrogens is 451 g/mol. The van der Waals surface area contributed by atoms with Gasteiger partial charge >= 0.3 is 5.97 Å². The van der Waals surface area contributed by atoms with Gasteiger partial charge < -0.3 is 10.0 Å². The van der Waals surface area contributed by atoms with E-state index in [9.17, 15) is 9.59 Å². The minimum atomic E-state index is -0.971. The summed E-state index contributed by atoms with van der Waals surface area (Å²) in [6.45, 7) is 3.70. The Morgan fingerprint density at radius 3 is 2.66 bits per heavy atom. The molecule has 182 valence electrons. The number of aryl methyl sites for hydroxylation is 2. The number of carbonyl (C=O) groups excluding carboxylic acids is 1. The number of piperidine rings is 1. The van der Waals surface area contributed by atoms with Crippen LogP contribution in [0, 0.1) is 5.82 Å². The topological polar surface area (TPSA) is 106 Å². The lowest BCUT2D eigenvalue weighted by atomic mass is 9.89. The highest BCUT2D eigenvalue weighted by atomic mass is 19.1. The zero-order chi connectivity index (χ0) is 24.7. The number of benzene rings is 1. The average molecular weight is 479 g/mol. The van der Waals surface area contributed by atoms with Gasteiger partial charge in [-0.3, -0.25) is 14.3 Å². The van der Waals surface area contributed by atoms with Crippen LogP contribution in [0.1, 0.15) is 44.2 Å². The molecule has 1 N–H and O–H groups in total. The molecule has 0 spiro atoms. The lowest BCUT2D eigenvalue weighted by Crippen LogP contribution is -2.38. The fourth-order valence-electron chi connectivity index (χ4n) is 5.01. The van der Waals surface area contributed by atoms with Crippen molar-refractivity contribution in [3.05, 3.63) is 42.1 Å². The van der Waals surface area contributed by atoms with Gasteiger partial charge in [0.25, 0.3) is 0 Å². The largest absolute Gasteiger partial charge is 0.481 e. The second-order valence-electron chi connectivity index (χ2n) is 8.97. The molecule has 0 radical (unpaired) electrons. The second-order valence-corrected chi connectivity index (χ2v) is 8.97. The van der Waals surface area contributed by atoms with Crippen LogP contribution in [0.5, 0.6) is 0 Å². The van der Waals surface area contributed by atoms with Gasteiger partial charge in [0.1, 0.15) is 5.82 Å². The summed E-state index contributed by atoms with van der Waals surface area (Å²) in [5.74, 6) is -1.35. The quantitative estimate of drug-likeness (QED) is 0.453. The van der Waals surface area contributed by atoms with Gasteiger partial charge in [0.05, 0.1) is 29.2 Å². The average Bonchev–Trinajstić information content (AvgIpc) is 3.42. The van der Waals surface area contributed by atoms with Crippen molar-refractivity contribution in [2.45, 2.75) is 45.1 Å². The number of halogens is 1. The van der Waals surface area contributed by atoms with E-state index < -0.39 is 5.97 Å². The Labute approximate surface area is 201 Å². The maximum Gasteiger partial charge on any atom is 0.303 e. The highest BCUT2D eigenvalue weighted by Gasteiger charge is 2.29. The summed E-state index contributed by atoms with van der Waals surface area (Å²) in [5, 5.41) is 19.6. The third-order valence-corrected chi connectivity index (χ3v) is 6.87. The fraction of sp³-hybridized carbons (Fsp3) is 0.400. The summed E-state index contributed by atoms with van der Waals surface area (Å²) in [7, 11) is 1.83. The highest BCUT2D eigenvalue weighted by Crippen LogP contribution is 2.39. The molecule has 1 aromatic carbocycles. The van der Waals surface area contributed by atoms with E-state index in [4.69, 9.17) is 10.2 Å². The Morgan fingerprint density at radius 1 is 1.17 bits per heavy atom. The lowest BCUT2D eigenvalue weighted by molar-refractivity contribution is -0.141. The van der Waals surface area contributed by atoms with Gasteiger partial charge in [-0.1, -0.05) is 0 Å². The van der Waals surface area contributed by atoms with Gasteiger partial charge in [-0.2, -0.15) is 10.2 Å². The van der Waals surface area contributed by atoms with Crippen molar-refractivity contribution >= 4 is 33.8 Å². The Kier molecular flexibility index (Phi) is 5.96. The monoisotopic (exact) mass is 478 g/mol. The van der Waals surface area contributed by atoms with Crippen LogP contribution in [-0.4, -0.2) is 59.5 Å². The van der Waals surface area contributed by atoms with Crippen LogP contribution in [0.15, 0.2) is 30.6 Å². The molecule has 0 saturated carbocycles. The molecule has 1 aliphatic rings. The molecule has 0 atom stereocenters. The summed E-state index contributed by atoms with van der Waals surface area (Å²) in [6, 6.07) is 5.16. The lowest BCUT2D eigenvalue weighted by Gasteiger charge is -2.31. The normalized spacial score (nSPS) is 14.8. The first-order valence-corrected chi connectivity index (χ1v) is 11.8. The third-order valence-electron chi connectivity index (χ3n) is 6.87. The van der Waals surface area contributed by atoms with Crippen LogP contribution < -0.4 is 0 Å². The molecule has 4 aromatic rings. The zero-order valence-electron chi connectivity index (χ0n) is 19.7. The molecule has 1 aliphatic heterocycles. The number of hydrogen-bond donors (Lipinski definition) is 1. The van der Waals surface area contributed by atoms with E-state index in [2.05, 4.69) is 10.1 Å². The van der Waals surface area contributed by atoms with E-state index in [1.807, 2.05) is 30.8 Å². The first-order valence-electron chi connectivity index (χ1n) is 11.8. The van der Waals surface area contributed by atoms with E-state index >= 15 is 4.39 Å². The number of nitrogens with zero attached hydrogens (tertiary/aromatic N) is 6. The molecule has 1 fully saturated rings. The number of carbonyl (C=O) groups is 2. The standard InChI is InChI=1S/C25H27FN6O3/c1-3-32-25-23(24(29-32)15-7-10-31(11-8-15)21(33)4-5-22(34)35)17(6-9-27-25)18-13-20-16(12-19(18)26)14-28-30(20)2/h6,9,12-15H,3-5,7-8,10-11H2,1-2H3,(H,34,35). The van der Waals surface area contributed by atoms with Crippen LogP contribution in [0.2, 0.25) is 0 Å². The predicted molar refractivity (Wildman–Crippen MR) is 128 cm³/mol. The minimum Gasteiger partial charge on any atom is -0.481 e. The number of rotatable bonds is 6. The van der Waals surface area contributed by atoms with Crippen LogP contribution >= 0.6 is 0 Å². The zero-order valence-corrected chi connectivity index (χ0v) is 19.7. The fourth-order valence-corrected chi connectivity index (χ4v) is 5.01. The number of carboxylic acids is 1. The van der Waals surface area contributed by atoms with Crippen molar-refractivity contribution in [2.75, 3.05) is 13.1 Å². The molecule has 1 saturated heterocycles. The first kappa shape index (κ1) is 22.9. The summed E-state index contributed by atoms with van der Waals surface area (Å²) >= 11 is 0. The summed E-state index contributed by atoms with van der Waals surface area (Å²) in [5.41, 5.74) is 3.64. The predicted octanol–water partition coefficient (Wildman–Crippen LogP) is 3.71. The SMILES string of the molecule is CCn1nc(C2CCN(C(=O)CCC(=O)O)CC2)c2c(-c3cc4c(cnn4C)cc3F)ccnc21. The smallest absolute Gasteiger partial charge is 0.303 e. The molecule has 0 aliphatic carbocycles. The molecule has 35 heavy (non-hydrogen) atoms. The maximum atomic E-state index is 15.3. The van der Waals surface area contributed by atoms with Crippen molar-refractivity contribution in [1.29, 1.82) is 0 Å². The van der Waals surface area contributed by atoms with E-state index in [0.29, 0.717) is 43.7 Å². The van der Waals surface area contributed by atoms with Crippen molar-refractivity contribution in [3.8, 4) is 11.1 Å². The Morgan fingerprint density at radius 2 is 1.94 bits per heavy atom. The Balaban J connectivity index is 1.52. The number of carboxylic acid groups (broad SMARTS) is 1. The molecule has 10 heteroatoms. The number of fused-ring (bicyclic) bond motifs is 2. The van der Waals surface area contributed by atoms with E-state index in [0.717, 1.165) is 27.5 Å². The molecule has 0 bridgehead atoms. The van der Waals surface area contributed by atoms with Gasteiger partial charge in [-0.05, 0) is 43.5 Å². The molecule has 9 nitrogen and oxygen atoms in total. The van der Waals surface area contributed by atoms with Gasteiger partial charge in [0.15, 0.2) is 5.65 Å². The number of amides is 1. The number of aliphatic carboxylic acids is 1. The van der Waals surface area contributed by atoms with Crippen LogP contribution in [0.4, 0.5) is 4.39 Å². The van der Waals surface area contributed by atoms with Crippen molar-refractivity contribution in [2.24, 2.45) is 7.05 Å². The molecular formula is C25H27FN6O3. The number of likely N-dealkylation sites (tertiary alicyclic amines) is 1. The number of pyridine rings is 1. The van der Waals surface area contributed by atoms with Gasteiger partial charge in [0.2, 0.25) is 5.91 Å². The maximum absolute atomic E-state index is 15.3. The van der Waals surface area contributed by atoms with Crippen molar-refractivity contribution in [1.82, 2.24) is 29.4 Å². The highest BCUT2D eigenvalue weighted by molar-refractivity contribution is 5.97. The van der Waals surface area contributed by atoms with Gasteiger partial charge in [0, 0.05) is 56.2 Å². The van der Waals surface area contributed by atoms with Crippen molar-refractivity contribution < 1.29 is 19.1 Å². The summed E-state index contributed by atoms with van der Waals surface area (Å²) in [6.07, 6.45) is 4.59. The third kappa shape index (κ3) is 4.13. The van der Waals surface area contributed by atoms with Crippen LogP contribution in [-0.2, 0) is 23.2 Å². The first-order chi connectivity index (χ1) is 16.9. The van der Waals surface area contributed by atoms with E-state index in [-0.39, 0.29) is 30.5 Å². The Hall–Kier alpha value is -3.82.